The smallest absolute Gasteiger partial charge is 0.308 e. The lowest BCUT2D eigenvalue weighted by atomic mass is 10.2. The zero-order chi connectivity index (χ0) is 21.3. The van der Waals surface area contributed by atoms with Crippen LogP contribution in [0.5, 0.6) is 11.5 Å². The molecule has 1 fully saturated rings. The van der Waals surface area contributed by atoms with Gasteiger partial charge in [0.05, 0.1) is 18.1 Å². The molecule has 1 aromatic heterocycles. The fourth-order valence-electron chi connectivity index (χ4n) is 3.68. The number of halogens is 1. The molecule has 0 aliphatic carbocycles. The van der Waals surface area contributed by atoms with Crippen LogP contribution in [0.2, 0.25) is 5.02 Å². The summed E-state index contributed by atoms with van der Waals surface area (Å²) in [5.74, 6) is 0.458. The van der Waals surface area contributed by atoms with Gasteiger partial charge in [0.25, 0.3) is 5.91 Å². The van der Waals surface area contributed by atoms with Gasteiger partial charge in [-0.15, -0.1) is 0 Å². The largest absolute Gasteiger partial charge is 0.493 e. The minimum atomic E-state index is -0.457. The molecule has 2 heterocycles. The van der Waals surface area contributed by atoms with E-state index in [0.717, 1.165) is 37.0 Å². The van der Waals surface area contributed by atoms with Gasteiger partial charge in [0.1, 0.15) is 0 Å². The Morgan fingerprint density at radius 2 is 1.80 bits per heavy atom. The van der Waals surface area contributed by atoms with Gasteiger partial charge in [0.15, 0.2) is 11.5 Å². The maximum Gasteiger partial charge on any atom is 0.308 e. The van der Waals surface area contributed by atoms with Crippen LogP contribution in [-0.4, -0.2) is 46.5 Å². The second-order valence-electron chi connectivity index (χ2n) is 7.23. The zero-order valence-corrected chi connectivity index (χ0v) is 17.6. The number of rotatable bonds is 5. The Labute approximate surface area is 179 Å². The highest BCUT2D eigenvalue weighted by Crippen LogP contribution is 2.33. The molecule has 0 N–H and O–H groups in total. The van der Waals surface area contributed by atoms with E-state index in [4.69, 9.17) is 21.1 Å². The number of ether oxygens (including phenoxy) is 2. The van der Waals surface area contributed by atoms with E-state index in [-0.39, 0.29) is 11.7 Å². The molecule has 0 saturated carbocycles. The van der Waals surface area contributed by atoms with Gasteiger partial charge >= 0.3 is 5.97 Å². The van der Waals surface area contributed by atoms with Gasteiger partial charge in [0, 0.05) is 43.7 Å². The molecule has 1 aliphatic rings. The number of methoxy groups -OCH3 is 1. The molecule has 4 rings (SSSR count). The average Bonchev–Trinajstić information content (AvgIpc) is 3.37. The molecule has 8 heteroatoms. The first-order valence-corrected chi connectivity index (χ1v) is 10.1. The summed E-state index contributed by atoms with van der Waals surface area (Å²) in [4.78, 5) is 31.1. The van der Waals surface area contributed by atoms with E-state index in [9.17, 15) is 9.59 Å². The van der Waals surface area contributed by atoms with Crippen molar-refractivity contribution >= 4 is 34.5 Å². The maximum absolute atomic E-state index is 13.2. The van der Waals surface area contributed by atoms with Crippen molar-refractivity contribution in [1.82, 2.24) is 14.5 Å². The number of benzene rings is 2. The van der Waals surface area contributed by atoms with Crippen LogP contribution in [-0.2, 0) is 11.3 Å². The summed E-state index contributed by atoms with van der Waals surface area (Å²) in [6.45, 7) is 3.22. The van der Waals surface area contributed by atoms with Crippen LogP contribution in [0, 0.1) is 0 Å². The van der Waals surface area contributed by atoms with Gasteiger partial charge in [-0.2, -0.15) is 0 Å². The van der Waals surface area contributed by atoms with Crippen molar-refractivity contribution in [3.8, 4) is 11.5 Å². The Balaban J connectivity index is 1.85. The van der Waals surface area contributed by atoms with Gasteiger partial charge in [-0.25, -0.2) is 4.98 Å². The van der Waals surface area contributed by atoms with Gasteiger partial charge in [-0.05, 0) is 30.5 Å². The van der Waals surface area contributed by atoms with Gasteiger partial charge in [0.2, 0.25) is 5.82 Å². The normalized spacial score (nSPS) is 13.6. The molecule has 1 aliphatic heterocycles. The molecule has 30 heavy (non-hydrogen) atoms. The van der Waals surface area contributed by atoms with Crippen molar-refractivity contribution in [3.63, 3.8) is 0 Å². The topological polar surface area (TPSA) is 73.7 Å². The first-order chi connectivity index (χ1) is 14.5. The summed E-state index contributed by atoms with van der Waals surface area (Å²) in [7, 11) is 1.50. The fourth-order valence-corrected chi connectivity index (χ4v) is 3.81. The summed E-state index contributed by atoms with van der Waals surface area (Å²) in [5, 5.41) is 0.648. The van der Waals surface area contributed by atoms with Gasteiger partial charge in [-0.3, -0.25) is 9.59 Å². The second kappa shape index (κ2) is 8.36. The summed E-state index contributed by atoms with van der Waals surface area (Å²) in [6, 6.07) is 10.9. The predicted octanol–water partition coefficient (Wildman–Crippen LogP) is 3.91. The molecule has 0 atom stereocenters. The Hall–Kier alpha value is -3.06. The number of fused-ring (bicyclic) bond motifs is 1. The Bertz CT molecular complexity index is 1100. The summed E-state index contributed by atoms with van der Waals surface area (Å²) in [6.07, 6.45) is 1.99. The molecular formula is C22H22ClN3O4. The van der Waals surface area contributed by atoms with Crippen molar-refractivity contribution in [2.24, 2.45) is 0 Å². The SMILES string of the molecule is COc1cc2c(cc1OC(C)=O)nc(C(=O)N1CCCC1)n2Cc1ccc(Cl)cc1. The quantitative estimate of drug-likeness (QED) is 0.456. The number of imidazole rings is 1. The molecule has 2 aromatic carbocycles. The molecule has 0 bridgehead atoms. The molecule has 0 spiro atoms. The fraction of sp³-hybridized carbons (Fsp3) is 0.318. The standard InChI is InChI=1S/C22H22ClN3O4/c1-14(27)30-20-11-17-18(12-19(20)29-2)26(13-15-5-7-16(23)8-6-15)21(24-17)22(28)25-9-3-4-10-25/h5-8,11-12H,3-4,9-10,13H2,1-2H3. The average molecular weight is 428 g/mol. The zero-order valence-electron chi connectivity index (χ0n) is 16.9. The summed E-state index contributed by atoms with van der Waals surface area (Å²) in [5.41, 5.74) is 2.26. The van der Waals surface area contributed by atoms with Crippen LogP contribution in [0.4, 0.5) is 0 Å². The Morgan fingerprint density at radius 1 is 1.10 bits per heavy atom. The van der Waals surface area contributed by atoms with Crippen molar-refractivity contribution in [3.05, 3.63) is 52.8 Å². The number of hydrogen-bond donors (Lipinski definition) is 0. The van der Waals surface area contributed by atoms with E-state index in [1.807, 2.05) is 33.7 Å². The maximum atomic E-state index is 13.2. The Kier molecular flexibility index (Phi) is 5.63. The third-order valence-corrected chi connectivity index (χ3v) is 5.38. The van der Waals surface area contributed by atoms with Crippen molar-refractivity contribution < 1.29 is 19.1 Å². The third-order valence-electron chi connectivity index (χ3n) is 5.13. The third kappa shape index (κ3) is 3.98. The highest BCUT2D eigenvalue weighted by atomic mass is 35.5. The van der Waals surface area contributed by atoms with E-state index >= 15 is 0 Å². The molecule has 0 unspecified atom stereocenters. The molecule has 0 radical (unpaired) electrons. The molecule has 3 aromatic rings. The molecule has 1 saturated heterocycles. The summed E-state index contributed by atoms with van der Waals surface area (Å²) < 4.78 is 12.6. The molecule has 7 nitrogen and oxygen atoms in total. The number of carbonyl (C=O) groups excluding carboxylic acids is 2. The lowest BCUT2D eigenvalue weighted by Crippen LogP contribution is -2.30. The van der Waals surface area contributed by atoms with Gasteiger partial charge < -0.3 is 18.9 Å². The molecular weight excluding hydrogens is 406 g/mol. The van der Waals surface area contributed by atoms with Crippen LogP contribution in [0.25, 0.3) is 11.0 Å². The minimum Gasteiger partial charge on any atom is -0.493 e. The number of likely N-dealkylation sites (tertiary alicyclic amines) is 1. The van der Waals surface area contributed by atoms with Crippen molar-refractivity contribution in [1.29, 1.82) is 0 Å². The lowest BCUT2D eigenvalue weighted by molar-refractivity contribution is -0.132. The van der Waals surface area contributed by atoms with E-state index in [1.165, 1.54) is 14.0 Å². The second-order valence-corrected chi connectivity index (χ2v) is 7.67. The van der Waals surface area contributed by atoms with Crippen LogP contribution < -0.4 is 9.47 Å². The van der Waals surface area contributed by atoms with E-state index in [1.54, 1.807) is 12.1 Å². The highest BCUT2D eigenvalue weighted by molar-refractivity contribution is 6.30. The number of nitrogens with zero attached hydrogens (tertiary/aromatic N) is 3. The molecule has 1 amide bonds. The number of hydrogen-bond acceptors (Lipinski definition) is 5. The number of aromatic nitrogens is 2. The van der Waals surface area contributed by atoms with Gasteiger partial charge in [-0.1, -0.05) is 23.7 Å². The van der Waals surface area contributed by atoms with Crippen molar-refractivity contribution in [2.75, 3.05) is 20.2 Å². The van der Waals surface area contributed by atoms with Crippen LogP contribution in [0.3, 0.4) is 0 Å². The number of carbonyl (C=O) groups is 2. The van der Waals surface area contributed by atoms with E-state index in [0.29, 0.717) is 28.7 Å². The summed E-state index contributed by atoms with van der Waals surface area (Å²) >= 11 is 6.02. The van der Waals surface area contributed by atoms with E-state index < -0.39 is 5.97 Å². The van der Waals surface area contributed by atoms with Crippen LogP contribution in [0.1, 0.15) is 35.9 Å². The first kappa shape index (κ1) is 20.2. The Morgan fingerprint density at radius 3 is 2.43 bits per heavy atom. The van der Waals surface area contributed by atoms with E-state index in [2.05, 4.69) is 4.98 Å². The van der Waals surface area contributed by atoms with Crippen LogP contribution >= 0.6 is 11.6 Å². The molecule has 156 valence electrons. The predicted molar refractivity (Wildman–Crippen MR) is 113 cm³/mol. The van der Waals surface area contributed by atoms with Crippen molar-refractivity contribution in [2.45, 2.75) is 26.3 Å². The van der Waals surface area contributed by atoms with Crippen LogP contribution in [0.15, 0.2) is 36.4 Å². The lowest BCUT2D eigenvalue weighted by Gasteiger charge is -2.16. The minimum absolute atomic E-state index is 0.106. The monoisotopic (exact) mass is 427 g/mol. The first-order valence-electron chi connectivity index (χ1n) is 9.76. The number of esters is 1. The number of amides is 1. The highest BCUT2D eigenvalue weighted by Gasteiger charge is 2.26.